The minimum Gasteiger partial charge on any atom is -0.481 e. The predicted octanol–water partition coefficient (Wildman–Crippen LogP) is 4.29. The molecule has 0 heterocycles. The molecule has 0 bridgehead atoms. The van der Waals surface area contributed by atoms with Crippen LogP contribution in [0.1, 0.15) is 15.9 Å². The first-order valence-electron chi connectivity index (χ1n) is 6.88. The second kappa shape index (κ2) is 8.30. The predicted molar refractivity (Wildman–Crippen MR) is 95.5 cm³/mol. The van der Waals surface area contributed by atoms with Crippen LogP contribution in [0.3, 0.4) is 0 Å². The zero-order chi connectivity index (χ0) is 17.7. The number of carbonyl (C=O) groups excluding carboxylic acids is 2. The molecule has 24 heavy (non-hydrogen) atoms. The van der Waals surface area contributed by atoms with Crippen LogP contribution < -0.4 is 9.47 Å². The number of carbonyl (C=O) groups is 2. The molecule has 0 spiro atoms. The standard InChI is InChI=1S/C17H14Br2O5/c1-10-3-5-15(13(19)7-10)23-9-16(20)24-14-6-4-11(18)8-12(14)17(21)22-2/h3-8H,9H2,1-2H3. The summed E-state index contributed by atoms with van der Waals surface area (Å²) in [7, 11) is 1.26. The largest absolute Gasteiger partial charge is 0.481 e. The molecule has 0 aliphatic rings. The van der Waals surface area contributed by atoms with Gasteiger partial charge in [0.05, 0.1) is 11.6 Å². The van der Waals surface area contributed by atoms with Gasteiger partial charge < -0.3 is 14.2 Å². The van der Waals surface area contributed by atoms with Crippen molar-refractivity contribution in [2.75, 3.05) is 13.7 Å². The molecular weight excluding hydrogens is 444 g/mol. The lowest BCUT2D eigenvalue weighted by Crippen LogP contribution is -2.19. The van der Waals surface area contributed by atoms with Gasteiger partial charge >= 0.3 is 11.9 Å². The highest BCUT2D eigenvalue weighted by Crippen LogP contribution is 2.26. The Morgan fingerprint density at radius 2 is 1.75 bits per heavy atom. The zero-order valence-corrected chi connectivity index (χ0v) is 16.1. The molecule has 2 aromatic carbocycles. The van der Waals surface area contributed by atoms with Gasteiger partial charge in [-0.3, -0.25) is 0 Å². The van der Waals surface area contributed by atoms with Crippen LogP contribution in [-0.4, -0.2) is 25.7 Å². The third kappa shape index (κ3) is 4.82. The third-order valence-electron chi connectivity index (χ3n) is 3.00. The third-order valence-corrected chi connectivity index (χ3v) is 4.12. The van der Waals surface area contributed by atoms with Crippen LogP contribution in [0, 0.1) is 6.92 Å². The molecule has 0 radical (unpaired) electrons. The maximum atomic E-state index is 12.0. The first kappa shape index (κ1) is 18.5. The number of benzene rings is 2. The Balaban J connectivity index is 2.06. The zero-order valence-electron chi connectivity index (χ0n) is 13.0. The Morgan fingerprint density at radius 3 is 2.42 bits per heavy atom. The molecule has 0 unspecified atom stereocenters. The normalized spacial score (nSPS) is 10.2. The molecule has 0 N–H and O–H groups in total. The maximum absolute atomic E-state index is 12.0. The van der Waals surface area contributed by atoms with Gasteiger partial charge in [0.25, 0.3) is 0 Å². The van der Waals surface area contributed by atoms with Crippen molar-refractivity contribution in [2.45, 2.75) is 6.92 Å². The number of halogens is 2. The van der Waals surface area contributed by atoms with Gasteiger partial charge in [-0.1, -0.05) is 22.0 Å². The van der Waals surface area contributed by atoms with Crippen molar-refractivity contribution >= 4 is 43.8 Å². The minimum absolute atomic E-state index is 0.113. The fourth-order valence-corrected chi connectivity index (χ4v) is 2.84. The molecule has 2 rings (SSSR count). The molecule has 0 amide bonds. The first-order valence-corrected chi connectivity index (χ1v) is 8.47. The molecular formula is C17H14Br2O5. The highest BCUT2D eigenvalue weighted by atomic mass is 79.9. The van der Waals surface area contributed by atoms with Crippen LogP contribution >= 0.6 is 31.9 Å². The molecule has 0 aliphatic heterocycles. The number of rotatable bonds is 5. The summed E-state index contributed by atoms with van der Waals surface area (Å²) in [5.41, 5.74) is 1.21. The molecule has 0 aliphatic carbocycles. The van der Waals surface area contributed by atoms with Crippen LogP contribution in [-0.2, 0) is 9.53 Å². The van der Waals surface area contributed by atoms with Crippen LogP contribution in [0.15, 0.2) is 45.3 Å². The van der Waals surface area contributed by atoms with E-state index in [1.807, 2.05) is 19.1 Å². The van der Waals surface area contributed by atoms with Crippen molar-refractivity contribution in [2.24, 2.45) is 0 Å². The van der Waals surface area contributed by atoms with Gasteiger partial charge in [0, 0.05) is 4.47 Å². The van der Waals surface area contributed by atoms with Gasteiger partial charge in [0.1, 0.15) is 17.1 Å². The number of esters is 2. The van der Waals surface area contributed by atoms with Crippen LogP contribution in [0.4, 0.5) is 0 Å². The van der Waals surface area contributed by atoms with Gasteiger partial charge in [-0.2, -0.15) is 0 Å². The molecule has 126 valence electrons. The van der Waals surface area contributed by atoms with E-state index in [2.05, 4.69) is 36.6 Å². The van der Waals surface area contributed by atoms with Crippen molar-refractivity contribution < 1.29 is 23.8 Å². The Hall–Kier alpha value is -1.86. The van der Waals surface area contributed by atoms with Crippen molar-refractivity contribution in [1.29, 1.82) is 0 Å². The molecule has 0 saturated carbocycles. The average Bonchev–Trinajstić information content (AvgIpc) is 2.55. The second-order valence-corrected chi connectivity index (χ2v) is 6.60. The second-order valence-electron chi connectivity index (χ2n) is 4.83. The smallest absolute Gasteiger partial charge is 0.349 e. The first-order chi connectivity index (χ1) is 11.4. The van der Waals surface area contributed by atoms with Crippen molar-refractivity contribution in [3.05, 3.63) is 56.5 Å². The number of hydrogen-bond acceptors (Lipinski definition) is 5. The summed E-state index contributed by atoms with van der Waals surface area (Å²) in [6.45, 7) is 1.66. The quantitative estimate of drug-likeness (QED) is 0.495. The van der Waals surface area contributed by atoms with E-state index in [4.69, 9.17) is 9.47 Å². The van der Waals surface area contributed by atoms with E-state index < -0.39 is 11.9 Å². The van der Waals surface area contributed by atoms with E-state index in [0.717, 1.165) is 10.0 Å². The van der Waals surface area contributed by atoms with E-state index in [-0.39, 0.29) is 17.9 Å². The molecule has 0 saturated heterocycles. The topological polar surface area (TPSA) is 61.8 Å². The fourth-order valence-electron chi connectivity index (χ4n) is 1.87. The summed E-state index contributed by atoms with van der Waals surface area (Å²) in [6, 6.07) is 10.2. The monoisotopic (exact) mass is 456 g/mol. The lowest BCUT2D eigenvalue weighted by atomic mass is 10.2. The summed E-state index contributed by atoms with van der Waals surface area (Å²) in [4.78, 5) is 23.7. The highest BCUT2D eigenvalue weighted by molar-refractivity contribution is 9.10. The number of methoxy groups -OCH3 is 1. The number of hydrogen-bond donors (Lipinski definition) is 0. The Bertz CT molecular complexity index is 774. The average molecular weight is 458 g/mol. The Labute approximate surface area is 156 Å². The summed E-state index contributed by atoms with van der Waals surface area (Å²) >= 11 is 6.63. The summed E-state index contributed by atoms with van der Waals surface area (Å²) in [6.07, 6.45) is 0. The van der Waals surface area contributed by atoms with Crippen molar-refractivity contribution in [3.8, 4) is 11.5 Å². The van der Waals surface area contributed by atoms with Crippen molar-refractivity contribution in [3.63, 3.8) is 0 Å². The van der Waals surface area contributed by atoms with Gasteiger partial charge in [0.2, 0.25) is 0 Å². The molecule has 2 aromatic rings. The summed E-state index contributed by atoms with van der Waals surface area (Å²) < 4.78 is 16.7. The van der Waals surface area contributed by atoms with Crippen LogP contribution in [0.5, 0.6) is 11.5 Å². The van der Waals surface area contributed by atoms with Crippen LogP contribution in [0.2, 0.25) is 0 Å². The summed E-state index contributed by atoms with van der Waals surface area (Å²) in [5, 5.41) is 0. The van der Waals surface area contributed by atoms with Gasteiger partial charge in [-0.05, 0) is 58.7 Å². The van der Waals surface area contributed by atoms with Crippen molar-refractivity contribution in [1.82, 2.24) is 0 Å². The number of ether oxygens (including phenoxy) is 3. The number of aryl methyl sites for hydroxylation is 1. The Morgan fingerprint density at radius 1 is 1.04 bits per heavy atom. The Kier molecular flexibility index (Phi) is 6.39. The molecule has 5 nitrogen and oxygen atoms in total. The minimum atomic E-state index is -0.630. The van der Waals surface area contributed by atoms with Gasteiger partial charge in [0.15, 0.2) is 6.61 Å². The van der Waals surface area contributed by atoms with Gasteiger partial charge in [-0.25, -0.2) is 9.59 Å². The lowest BCUT2D eigenvalue weighted by Gasteiger charge is -2.11. The molecule has 0 atom stereocenters. The van der Waals surface area contributed by atoms with Gasteiger partial charge in [-0.15, -0.1) is 0 Å². The molecule has 7 heteroatoms. The van der Waals surface area contributed by atoms with E-state index in [0.29, 0.717) is 10.2 Å². The van der Waals surface area contributed by atoms with Crippen LogP contribution in [0.25, 0.3) is 0 Å². The highest BCUT2D eigenvalue weighted by Gasteiger charge is 2.17. The van der Waals surface area contributed by atoms with E-state index >= 15 is 0 Å². The van der Waals surface area contributed by atoms with E-state index in [1.54, 1.807) is 12.1 Å². The fraction of sp³-hybridized carbons (Fsp3) is 0.176. The van der Waals surface area contributed by atoms with E-state index in [1.165, 1.54) is 19.2 Å². The SMILES string of the molecule is COC(=O)c1cc(Br)ccc1OC(=O)COc1ccc(C)cc1Br. The summed E-state index contributed by atoms with van der Waals surface area (Å²) in [5.74, 6) is -0.584. The molecule has 0 aromatic heterocycles. The van der Waals surface area contributed by atoms with E-state index in [9.17, 15) is 9.59 Å². The maximum Gasteiger partial charge on any atom is 0.349 e. The lowest BCUT2D eigenvalue weighted by molar-refractivity contribution is -0.136. The molecule has 0 fully saturated rings.